The van der Waals surface area contributed by atoms with Crippen molar-refractivity contribution in [1.82, 2.24) is 30.8 Å². The Labute approximate surface area is 158 Å². The second kappa shape index (κ2) is 6.20. The fourth-order valence-corrected chi connectivity index (χ4v) is 5.12. The van der Waals surface area contributed by atoms with Gasteiger partial charge in [-0.2, -0.15) is 5.21 Å². The third-order valence-electron chi connectivity index (χ3n) is 4.80. The van der Waals surface area contributed by atoms with Crippen molar-refractivity contribution in [2.45, 2.75) is 42.2 Å². The van der Waals surface area contributed by atoms with Crippen LogP contribution in [0.5, 0.6) is 5.75 Å². The number of fused-ring (bicyclic) bond motifs is 1. The van der Waals surface area contributed by atoms with Crippen molar-refractivity contribution in [2.75, 3.05) is 0 Å². The number of carbonyl (C=O) groups excluding carboxylic acids is 2. The quantitative estimate of drug-likeness (QED) is 0.528. The molecule has 4 atom stereocenters. The maximum absolute atomic E-state index is 12.7. The fourth-order valence-electron chi connectivity index (χ4n) is 3.49. The first-order chi connectivity index (χ1) is 12.8. The van der Waals surface area contributed by atoms with Crippen LogP contribution >= 0.6 is 11.8 Å². The van der Waals surface area contributed by atoms with Crippen molar-refractivity contribution in [3.63, 3.8) is 0 Å². The van der Waals surface area contributed by atoms with E-state index in [1.165, 1.54) is 24.3 Å². The number of aliphatic hydroxyl groups excluding tert-OH is 1. The van der Waals surface area contributed by atoms with Crippen LogP contribution in [0.2, 0.25) is 0 Å². The lowest BCUT2D eigenvalue weighted by Gasteiger charge is -2.44. The Hall–Kier alpha value is -2.66. The zero-order valence-electron chi connectivity index (χ0n) is 14.5. The molecule has 0 bridgehead atoms. The van der Waals surface area contributed by atoms with Crippen LogP contribution in [0.3, 0.4) is 0 Å². The Morgan fingerprint density at radius 3 is 2.70 bits per heavy atom. The van der Waals surface area contributed by atoms with E-state index in [9.17, 15) is 19.8 Å². The van der Waals surface area contributed by atoms with Crippen LogP contribution in [0.15, 0.2) is 24.3 Å². The number of nitrogens with one attached hydrogen (secondary N) is 2. The second-order valence-corrected chi connectivity index (χ2v) is 8.78. The Kier molecular flexibility index (Phi) is 4.07. The lowest BCUT2D eigenvalue weighted by Crippen LogP contribution is -2.68. The van der Waals surface area contributed by atoms with Crippen molar-refractivity contribution >= 4 is 23.6 Å². The number of carbonyl (C=O) groups is 2. The van der Waals surface area contributed by atoms with Gasteiger partial charge >= 0.3 is 0 Å². The van der Waals surface area contributed by atoms with Gasteiger partial charge < -0.3 is 20.4 Å². The van der Waals surface area contributed by atoms with Crippen LogP contribution in [0.1, 0.15) is 37.4 Å². The molecule has 4 N–H and O–H groups in total. The Morgan fingerprint density at radius 2 is 2.07 bits per heavy atom. The van der Waals surface area contributed by atoms with E-state index in [1.807, 2.05) is 13.8 Å². The normalized spacial score (nSPS) is 27.0. The summed E-state index contributed by atoms with van der Waals surface area (Å²) < 4.78 is -0.362. The number of hydrogen-bond donors (Lipinski definition) is 4. The van der Waals surface area contributed by atoms with Gasteiger partial charge in [-0.25, -0.2) is 0 Å². The maximum Gasteiger partial charge on any atom is 0.254 e. The number of phenolic OH excluding ortho intramolecular Hbond substituents is 1. The molecule has 0 saturated carbocycles. The third-order valence-corrected chi connectivity index (χ3v) is 6.37. The van der Waals surface area contributed by atoms with Crippen LogP contribution in [0.4, 0.5) is 0 Å². The molecule has 3 heterocycles. The van der Waals surface area contributed by atoms with Crippen molar-refractivity contribution in [1.29, 1.82) is 0 Å². The Bertz CT molecular complexity index is 872. The highest BCUT2D eigenvalue weighted by atomic mass is 32.2. The number of aromatic amines is 1. The van der Waals surface area contributed by atoms with Crippen molar-refractivity contribution in [3.8, 4) is 5.75 Å². The highest BCUT2D eigenvalue weighted by molar-refractivity contribution is 8.01. The molecule has 4 rings (SSSR count). The number of β-lactam (4-membered cyclic amide) rings is 1. The molecule has 2 amide bonds. The van der Waals surface area contributed by atoms with Crippen LogP contribution in [0, 0.1) is 0 Å². The van der Waals surface area contributed by atoms with Gasteiger partial charge in [-0.15, -0.1) is 22.0 Å². The van der Waals surface area contributed by atoms with Gasteiger partial charge in [0.1, 0.15) is 23.2 Å². The molecule has 1 aromatic carbocycles. The van der Waals surface area contributed by atoms with E-state index in [-0.39, 0.29) is 27.8 Å². The molecule has 2 saturated heterocycles. The minimum Gasteiger partial charge on any atom is -0.508 e. The van der Waals surface area contributed by atoms with Gasteiger partial charge in [0.25, 0.3) is 5.91 Å². The van der Waals surface area contributed by atoms with Gasteiger partial charge in [-0.3, -0.25) is 9.59 Å². The second-order valence-electron chi connectivity index (χ2n) is 7.01. The molecule has 10 nitrogen and oxygen atoms in total. The SMILES string of the molecule is CC1(C)S[C@@H]2C(NC(=O)[C@H](O)c3ccc(O)cc3)C(=O)N2C1c1nn[nH]n1. The number of benzene rings is 1. The number of phenols is 1. The summed E-state index contributed by atoms with van der Waals surface area (Å²) in [4.78, 5) is 26.7. The van der Waals surface area contributed by atoms with E-state index in [1.54, 1.807) is 16.7 Å². The molecular weight excluding hydrogens is 372 g/mol. The number of rotatable bonds is 4. The van der Waals surface area contributed by atoms with Gasteiger partial charge in [0, 0.05) is 4.75 Å². The Morgan fingerprint density at radius 1 is 1.37 bits per heavy atom. The lowest BCUT2D eigenvalue weighted by molar-refractivity contribution is -0.153. The van der Waals surface area contributed by atoms with Gasteiger partial charge in [0.15, 0.2) is 11.9 Å². The first kappa shape index (κ1) is 17.7. The van der Waals surface area contributed by atoms with Crippen LogP contribution < -0.4 is 5.32 Å². The number of nitrogens with zero attached hydrogens (tertiary/aromatic N) is 4. The number of aliphatic hydroxyl groups is 1. The first-order valence-electron chi connectivity index (χ1n) is 8.30. The lowest BCUT2D eigenvalue weighted by atomic mass is 9.95. The summed E-state index contributed by atoms with van der Waals surface area (Å²) in [5, 5.41) is 35.9. The number of hydrogen-bond acceptors (Lipinski definition) is 8. The van der Waals surface area contributed by atoms with Gasteiger partial charge in [-0.05, 0) is 31.5 Å². The number of amides is 2. The maximum atomic E-state index is 12.7. The average molecular weight is 390 g/mol. The summed E-state index contributed by atoms with van der Waals surface area (Å²) in [5.74, 6) is -0.454. The van der Waals surface area contributed by atoms with E-state index in [2.05, 4.69) is 25.9 Å². The highest BCUT2D eigenvalue weighted by Crippen LogP contribution is 2.56. The van der Waals surface area contributed by atoms with Crippen molar-refractivity contribution in [3.05, 3.63) is 35.7 Å². The molecular formula is C16H18N6O4S. The molecule has 0 aliphatic carbocycles. The standard InChI is InChI=1S/C16H18N6O4S/c1-16(2)11(12-18-20-21-19-12)22-14(26)9(15(22)27-16)17-13(25)10(24)7-3-5-8(23)6-4-7/h3-6,9-11,15,23-24H,1-2H3,(H,17,25)(H,18,19,20,21)/t9?,10-,11?,15-/m1/s1. The molecule has 2 aromatic rings. The summed E-state index contributed by atoms with van der Waals surface area (Å²) in [5.41, 5.74) is 0.331. The highest BCUT2D eigenvalue weighted by Gasteiger charge is 2.63. The number of tetrazole rings is 1. The predicted octanol–water partition coefficient (Wildman–Crippen LogP) is -0.142. The van der Waals surface area contributed by atoms with E-state index >= 15 is 0 Å². The first-order valence-corrected chi connectivity index (χ1v) is 9.18. The molecule has 2 unspecified atom stereocenters. The van der Waals surface area contributed by atoms with Gasteiger partial charge in [0.2, 0.25) is 5.91 Å². The number of H-pyrrole nitrogens is 1. The zero-order valence-corrected chi connectivity index (χ0v) is 15.3. The fraction of sp³-hybridized carbons (Fsp3) is 0.438. The summed E-state index contributed by atoms with van der Waals surface area (Å²) in [6.45, 7) is 3.96. The van der Waals surface area contributed by atoms with Gasteiger partial charge in [-0.1, -0.05) is 17.3 Å². The number of aromatic nitrogens is 4. The van der Waals surface area contributed by atoms with E-state index in [0.29, 0.717) is 11.4 Å². The summed E-state index contributed by atoms with van der Waals surface area (Å²) in [7, 11) is 0. The smallest absolute Gasteiger partial charge is 0.254 e. The zero-order chi connectivity index (χ0) is 19.3. The molecule has 1 aromatic heterocycles. The topological polar surface area (TPSA) is 144 Å². The van der Waals surface area contributed by atoms with Crippen molar-refractivity contribution < 1.29 is 19.8 Å². The third kappa shape index (κ3) is 2.82. The van der Waals surface area contributed by atoms with Crippen LogP contribution in [0.25, 0.3) is 0 Å². The number of aromatic hydroxyl groups is 1. The monoisotopic (exact) mass is 390 g/mol. The van der Waals surface area contributed by atoms with E-state index < -0.39 is 18.1 Å². The Balaban J connectivity index is 1.48. The molecule has 0 spiro atoms. The molecule has 27 heavy (non-hydrogen) atoms. The van der Waals surface area contributed by atoms with Gasteiger partial charge in [0.05, 0.1) is 0 Å². The molecule has 2 aliphatic heterocycles. The minimum absolute atomic E-state index is 0.0354. The summed E-state index contributed by atoms with van der Waals surface area (Å²) >= 11 is 1.54. The molecule has 142 valence electrons. The molecule has 2 aliphatic rings. The largest absolute Gasteiger partial charge is 0.508 e. The van der Waals surface area contributed by atoms with E-state index in [0.717, 1.165) is 0 Å². The van der Waals surface area contributed by atoms with Crippen LogP contribution in [-0.2, 0) is 9.59 Å². The number of thioether (sulfide) groups is 1. The molecule has 11 heteroatoms. The van der Waals surface area contributed by atoms with Crippen molar-refractivity contribution in [2.24, 2.45) is 0 Å². The molecule has 2 fully saturated rings. The van der Waals surface area contributed by atoms with Crippen LogP contribution in [-0.4, -0.2) is 63.7 Å². The summed E-state index contributed by atoms with van der Waals surface area (Å²) in [6, 6.07) is 4.58. The summed E-state index contributed by atoms with van der Waals surface area (Å²) in [6.07, 6.45) is -1.43. The predicted molar refractivity (Wildman–Crippen MR) is 94.2 cm³/mol. The molecule has 0 radical (unpaired) electrons. The minimum atomic E-state index is -1.43. The average Bonchev–Trinajstić information content (AvgIpc) is 3.23. The van der Waals surface area contributed by atoms with E-state index in [4.69, 9.17) is 0 Å².